The molecule has 2 aliphatic carbocycles. The summed E-state index contributed by atoms with van der Waals surface area (Å²) in [4.78, 5) is 2.24. The van der Waals surface area contributed by atoms with Crippen LogP contribution < -0.4 is 29.6 Å². The zero-order valence-corrected chi connectivity index (χ0v) is 17.2. The number of allylic oxidation sites excluding steroid dienone is 4. The maximum Gasteiger partial charge on any atom is 1.00 e. The molecule has 0 aliphatic heterocycles. The van der Waals surface area contributed by atoms with Gasteiger partial charge in [0.05, 0.1) is 11.1 Å². The molecule has 0 radical (unpaired) electrons. The molecule has 4 heteroatoms. The molecule has 2 aliphatic rings. The van der Waals surface area contributed by atoms with E-state index >= 15 is 0 Å². The smallest absolute Gasteiger partial charge is 0.411 e. The van der Waals surface area contributed by atoms with Gasteiger partial charge in [0.2, 0.25) is 0 Å². The zero-order chi connectivity index (χ0) is 15.0. The standard InChI is InChI=1S/C17H23NS2.Na/c1-13-9-5-7-11-16(13,3)18(15(19)20)17(4)12-8-6-10-14(17)2;/h5-14H,1-4H3,(H,19,20);/q;+1/p-1. The summed E-state index contributed by atoms with van der Waals surface area (Å²) >= 11 is 10.9. The summed E-state index contributed by atoms with van der Waals surface area (Å²) in [5.74, 6) is 0.716. The molecule has 0 heterocycles. The fourth-order valence-corrected chi connectivity index (χ4v) is 3.91. The molecule has 0 bridgehead atoms. The van der Waals surface area contributed by atoms with Crippen LogP contribution in [-0.4, -0.2) is 20.3 Å². The second-order valence-electron chi connectivity index (χ2n) is 6.12. The van der Waals surface area contributed by atoms with Crippen molar-refractivity contribution >= 4 is 29.2 Å². The molecule has 0 saturated heterocycles. The van der Waals surface area contributed by atoms with E-state index in [0.717, 1.165) is 0 Å². The topological polar surface area (TPSA) is 3.24 Å². The van der Waals surface area contributed by atoms with E-state index < -0.39 is 0 Å². The first-order valence-corrected chi connectivity index (χ1v) is 7.87. The van der Waals surface area contributed by atoms with E-state index in [2.05, 4.69) is 81.2 Å². The van der Waals surface area contributed by atoms with Crippen LogP contribution in [0.15, 0.2) is 48.6 Å². The van der Waals surface area contributed by atoms with Gasteiger partial charge in [-0.2, -0.15) is 0 Å². The third kappa shape index (κ3) is 3.37. The number of rotatable bonds is 2. The molecule has 0 aromatic carbocycles. The van der Waals surface area contributed by atoms with Crippen molar-refractivity contribution in [1.82, 2.24) is 4.90 Å². The SMILES string of the molecule is CC1C=CC=CC1(C)N(C(=S)[S-])C1(C)C=CC=CC1C.[Na+]. The van der Waals surface area contributed by atoms with Crippen molar-refractivity contribution < 1.29 is 29.6 Å². The third-order valence-corrected chi connectivity index (χ3v) is 5.24. The Morgan fingerprint density at radius 1 is 0.952 bits per heavy atom. The Morgan fingerprint density at radius 3 is 1.62 bits per heavy atom. The number of nitrogens with zero attached hydrogens (tertiary/aromatic N) is 1. The second kappa shape index (κ2) is 7.10. The summed E-state index contributed by atoms with van der Waals surface area (Å²) in [6.07, 6.45) is 17.3. The summed E-state index contributed by atoms with van der Waals surface area (Å²) in [7, 11) is 0. The van der Waals surface area contributed by atoms with Gasteiger partial charge in [-0.3, -0.25) is 0 Å². The predicted octanol–water partition coefficient (Wildman–Crippen LogP) is 1.17. The molecule has 21 heavy (non-hydrogen) atoms. The van der Waals surface area contributed by atoms with Crippen LogP contribution in [-0.2, 0) is 12.6 Å². The molecule has 2 rings (SSSR count). The van der Waals surface area contributed by atoms with E-state index in [1.165, 1.54) is 0 Å². The maximum absolute atomic E-state index is 5.45. The Kier molecular flexibility index (Phi) is 6.46. The van der Waals surface area contributed by atoms with Crippen molar-refractivity contribution in [3.8, 4) is 0 Å². The molecule has 0 aromatic rings. The van der Waals surface area contributed by atoms with Crippen LogP contribution in [0.4, 0.5) is 0 Å². The summed E-state index contributed by atoms with van der Waals surface area (Å²) in [5, 5.41) is 0. The van der Waals surface area contributed by atoms with Crippen molar-refractivity contribution in [2.75, 3.05) is 0 Å². The summed E-state index contributed by atoms with van der Waals surface area (Å²) < 4.78 is 0.536. The number of thiocarbonyl (C=S) groups is 1. The molecule has 0 N–H and O–H groups in total. The van der Waals surface area contributed by atoms with Crippen LogP contribution in [0.1, 0.15) is 27.7 Å². The largest absolute Gasteiger partial charge is 1.00 e. The molecule has 0 saturated carbocycles. The van der Waals surface area contributed by atoms with Crippen LogP contribution in [0.5, 0.6) is 0 Å². The van der Waals surface area contributed by atoms with Gasteiger partial charge in [-0.1, -0.05) is 66.8 Å². The van der Waals surface area contributed by atoms with E-state index in [0.29, 0.717) is 16.2 Å². The van der Waals surface area contributed by atoms with Gasteiger partial charge in [-0.05, 0) is 13.8 Å². The minimum Gasteiger partial charge on any atom is -0.411 e. The van der Waals surface area contributed by atoms with Crippen molar-refractivity contribution in [1.29, 1.82) is 0 Å². The Morgan fingerprint density at radius 2 is 1.33 bits per heavy atom. The maximum atomic E-state index is 5.45. The van der Waals surface area contributed by atoms with Crippen LogP contribution in [0.3, 0.4) is 0 Å². The van der Waals surface area contributed by atoms with Crippen molar-refractivity contribution in [3.05, 3.63) is 48.6 Å². The average molecular weight is 327 g/mol. The first kappa shape index (κ1) is 19.1. The van der Waals surface area contributed by atoms with Gasteiger partial charge in [-0.25, -0.2) is 0 Å². The predicted molar refractivity (Wildman–Crippen MR) is 93.5 cm³/mol. The quantitative estimate of drug-likeness (QED) is 0.426. The fraction of sp³-hybridized carbons (Fsp3) is 0.471. The number of hydrogen-bond donors (Lipinski definition) is 0. The molecule has 108 valence electrons. The first-order valence-electron chi connectivity index (χ1n) is 7.06. The van der Waals surface area contributed by atoms with Gasteiger partial charge in [0.25, 0.3) is 0 Å². The Labute approximate surface area is 161 Å². The summed E-state index contributed by atoms with van der Waals surface area (Å²) in [6.45, 7) is 8.88. The van der Waals surface area contributed by atoms with Crippen LogP contribution in [0.2, 0.25) is 0 Å². The van der Waals surface area contributed by atoms with Gasteiger partial charge in [0.15, 0.2) is 0 Å². The van der Waals surface area contributed by atoms with Gasteiger partial charge >= 0.3 is 29.6 Å². The molecule has 0 fully saturated rings. The normalized spacial score (nSPS) is 37.1. The fourth-order valence-electron chi connectivity index (χ4n) is 3.12. The summed E-state index contributed by atoms with van der Waals surface area (Å²) in [6, 6.07) is 0. The molecule has 0 aromatic heterocycles. The van der Waals surface area contributed by atoms with E-state index in [4.69, 9.17) is 24.8 Å². The first-order chi connectivity index (χ1) is 9.32. The minimum absolute atomic E-state index is 0. The van der Waals surface area contributed by atoms with Gasteiger partial charge in [0, 0.05) is 11.8 Å². The molecular formula is C17H22NNaS2. The third-order valence-electron chi connectivity index (χ3n) is 4.88. The van der Waals surface area contributed by atoms with Crippen molar-refractivity contribution in [2.24, 2.45) is 11.8 Å². The van der Waals surface area contributed by atoms with E-state index in [1.807, 2.05) is 0 Å². The molecule has 4 atom stereocenters. The van der Waals surface area contributed by atoms with Crippen LogP contribution in [0.25, 0.3) is 0 Å². The Hall–Kier alpha value is 0.0700. The average Bonchev–Trinajstić information content (AvgIpc) is 2.36. The summed E-state index contributed by atoms with van der Waals surface area (Å²) in [5.41, 5.74) is -0.377. The van der Waals surface area contributed by atoms with Gasteiger partial charge in [-0.15, -0.1) is 0 Å². The monoisotopic (exact) mass is 327 g/mol. The van der Waals surface area contributed by atoms with Gasteiger partial charge in [0.1, 0.15) is 0 Å². The van der Waals surface area contributed by atoms with Crippen LogP contribution >= 0.6 is 12.2 Å². The van der Waals surface area contributed by atoms with Gasteiger partial charge < -0.3 is 29.7 Å². The van der Waals surface area contributed by atoms with Crippen molar-refractivity contribution in [3.63, 3.8) is 0 Å². The van der Waals surface area contributed by atoms with E-state index in [1.54, 1.807) is 0 Å². The van der Waals surface area contributed by atoms with Crippen molar-refractivity contribution in [2.45, 2.75) is 38.8 Å². The Balaban J connectivity index is 0.00000220. The molecular weight excluding hydrogens is 305 g/mol. The second-order valence-corrected chi connectivity index (χ2v) is 7.15. The minimum atomic E-state index is -0.188. The van der Waals surface area contributed by atoms with E-state index in [9.17, 15) is 0 Å². The molecule has 0 spiro atoms. The molecule has 0 amide bonds. The van der Waals surface area contributed by atoms with E-state index in [-0.39, 0.29) is 40.6 Å². The molecule has 4 unspecified atom stereocenters. The Bertz CT molecular complexity index is 483. The molecule has 1 nitrogen and oxygen atoms in total. The zero-order valence-electron chi connectivity index (χ0n) is 13.5. The number of hydrogen-bond acceptors (Lipinski definition) is 2. The van der Waals surface area contributed by atoms with Crippen LogP contribution in [0, 0.1) is 11.8 Å².